The largest absolute Gasteiger partial charge is 0.493 e. The molecule has 5 N–H and O–H groups in total. The number of hydrogen-bond donors (Lipinski definition) is 5. The summed E-state index contributed by atoms with van der Waals surface area (Å²) in [5, 5.41) is 13.9. The van der Waals surface area contributed by atoms with Gasteiger partial charge < -0.3 is 31.3 Å². The summed E-state index contributed by atoms with van der Waals surface area (Å²) < 4.78 is 19.3. The number of nitrogens with one attached hydrogen (secondary N) is 5. The zero-order valence-electron chi connectivity index (χ0n) is 28.6. The lowest BCUT2D eigenvalue weighted by molar-refractivity contribution is -0.133. The van der Waals surface area contributed by atoms with Crippen LogP contribution in [0.25, 0.3) is 0 Å². The standard InChI is InChI=1S/C40H42FN5O6/c41-30-18-16-27(17-19-30)20-22-43-39(50)34-26-36(47)44-33(25-29-12-5-2-6-13-29)40(51)46-32(24-28-10-3-1-4-11-28)38(49)42-21-9-23-52-35-15-8-7-14-31(35)37(48)45-34/h1-8,10-19,32-34H,9,20-26H2,(H,42,49)(H,43,50)(H,44,47)(H,45,48)(H,46,51)/t32-,33-,34-/m0/s1. The zero-order chi connectivity index (χ0) is 36.7. The van der Waals surface area contributed by atoms with E-state index in [1.165, 1.54) is 12.1 Å². The molecule has 3 atom stereocenters. The van der Waals surface area contributed by atoms with Gasteiger partial charge in [0.25, 0.3) is 5.91 Å². The van der Waals surface area contributed by atoms with E-state index in [2.05, 4.69) is 26.6 Å². The minimum Gasteiger partial charge on any atom is -0.493 e. The molecular weight excluding hydrogens is 665 g/mol. The highest BCUT2D eigenvalue weighted by molar-refractivity contribution is 6.01. The number of ether oxygens (including phenoxy) is 1. The number of rotatable bonds is 8. The van der Waals surface area contributed by atoms with Crippen LogP contribution in [-0.4, -0.2) is 67.4 Å². The highest BCUT2D eigenvalue weighted by Gasteiger charge is 2.30. The molecule has 0 unspecified atom stereocenters. The molecule has 1 heterocycles. The van der Waals surface area contributed by atoms with Crippen LogP contribution in [-0.2, 0) is 38.4 Å². The molecule has 1 aliphatic heterocycles. The number of fused-ring (bicyclic) bond motifs is 1. The third-order valence-electron chi connectivity index (χ3n) is 8.50. The van der Waals surface area contributed by atoms with Crippen molar-refractivity contribution in [3.05, 3.63) is 137 Å². The van der Waals surface area contributed by atoms with Gasteiger partial charge in [-0.2, -0.15) is 0 Å². The van der Waals surface area contributed by atoms with E-state index in [0.717, 1.165) is 16.7 Å². The van der Waals surface area contributed by atoms with Crippen LogP contribution in [0.5, 0.6) is 5.75 Å². The predicted octanol–water partition coefficient (Wildman–Crippen LogP) is 3.03. The summed E-state index contributed by atoms with van der Waals surface area (Å²) in [6.07, 6.45) is 0.597. The van der Waals surface area contributed by atoms with E-state index >= 15 is 0 Å². The fourth-order valence-electron chi connectivity index (χ4n) is 5.75. The van der Waals surface area contributed by atoms with Gasteiger partial charge in [0, 0.05) is 25.9 Å². The first kappa shape index (κ1) is 37.2. The molecule has 1 aliphatic rings. The Hall–Kier alpha value is -6.04. The van der Waals surface area contributed by atoms with Gasteiger partial charge in [-0.3, -0.25) is 24.0 Å². The van der Waals surface area contributed by atoms with Crippen molar-refractivity contribution in [2.75, 3.05) is 19.7 Å². The van der Waals surface area contributed by atoms with Crippen molar-refractivity contribution in [3.63, 3.8) is 0 Å². The molecule has 0 aromatic heterocycles. The highest BCUT2D eigenvalue weighted by Crippen LogP contribution is 2.19. The van der Waals surface area contributed by atoms with Crippen LogP contribution < -0.4 is 31.3 Å². The Kier molecular flexibility index (Phi) is 13.5. The maximum Gasteiger partial charge on any atom is 0.255 e. The van der Waals surface area contributed by atoms with E-state index < -0.39 is 54.1 Å². The van der Waals surface area contributed by atoms with Gasteiger partial charge in [0.05, 0.1) is 18.6 Å². The molecule has 4 aromatic rings. The molecule has 12 heteroatoms. The van der Waals surface area contributed by atoms with E-state index in [0.29, 0.717) is 12.8 Å². The summed E-state index contributed by atoms with van der Waals surface area (Å²) in [7, 11) is 0. The SMILES string of the molecule is O=C1C[C@@H](C(=O)NCCc2ccc(F)cc2)NC(=O)c2ccccc2OCCCNC(=O)[C@H](Cc2ccccc2)NC(=O)[C@H](Cc2ccccc2)N1. The number of amides is 5. The lowest BCUT2D eigenvalue weighted by Gasteiger charge is -2.25. The second-order valence-corrected chi connectivity index (χ2v) is 12.4. The molecular formula is C40H42FN5O6. The number of benzene rings is 4. The van der Waals surface area contributed by atoms with Gasteiger partial charge in [-0.15, -0.1) is 0 Å². The smallest absolute Gasteiger partial charge is 0.255 e. The van der Waals surface area contributed by atoms with Crippen LogP contribution in [0.2, 0.25) is 0 Å². The summed E-state index contributed by atoms with van der Waals surface area (Å²) in [4.78, 5) is 68.2. The van der Waals surface area contributed by atoms with Crippen molar-refractivity contribution in [3.8, 4) is 5.75 Å². The van der Waals surface area contributed by atoms with E-state index in [-0.39, 0.29) is 49.7 Å². The van der Waals surface area contributed by atoms with Crippen molar-refractivity contribution in [2.24, 2.45) is 0 Å². The molecule has 0 radical (unpaired) electrons. The van der Waals surface area contributed by atoms with Crippen molar-refractivity contribution >= 4 is 29.5 Å². The van der Waals surface area contributed by atoms with Gasteiger partial charge in [0.15, 0.2) is 0 Å². The number of hydrogen-bond acceptors (Lipinski definition) is 6. The fraction of sp³-hybridized carbons (Fsp3) is 0.275. The van der Waals surface area contributed by atoms with Gasteiger partial charge >= 0.3 is 0 Å². The molecule has 0 aliphatic carbocycles. The van der Waals surface area contributed by atoms with Gasteiger partial charge in [-0.05, 0) is 53.8 Å². The third kappa shape index (κ3) is 11.2. The average molecular weight is 708 g/mol. The van der Waals surface area contributed by atoms with Crippen LogP contribution >= 0.6 is 0 Å². The van der Waals surface area contributed by atoms with Gasteiger partial charge in [0.1, 0.15) is 29.7 Å². The number of carbonyl (C=O) groups is 5. The Morgan fingerprint density at radius 1 is 0.712 bits per heavy atom. The predicted molar refractivity (Wildman–Crippen MR) is 193 cm³/mol. The Morgan fingerprint density at radius 3 is 2.00 bits per heavy atom. The molecule has 0 bridgehead atoms. The van der Waals surface area contributed by atoms with Crippen LogP contribution in [0.1, 0.15) is 39.9 Å². The third-order valence-corrected chi connectivity index (χ3v) is 8.50. The van der Waals surface area contributed by atoms with E-state index in [9.17, 15) is 28.4 Å². The first-order chi connectivity index (χ1) is 25.2. The lowest BCUT2D eigenvalue weighted by atomic mass is 10.0. The normalized spacial score (nSPS) is 18.9. The van der Waals surface area contributed by atoms with Crippen LogP contribution in [0.4, 0.5) is 4.39 Å². The van der Waals surface area contributed by atoms with Crippen molar-refractivity contribution in [1.82, 2.24) is 26.6 Å². The molecule has 4 aromatic carbocycles. The van der Waals surface area contributed by atoms with Crippen molar-refractivity contribution < 1.29 is 33.1 Å². The van der Waals surface area contributed by atoms with Crippen LogP contribution in [0.3, 0.4) is 0 Å². The Morgan fingerprint density at radius 2 is 1.33 bits per heavy atom. The second kappa shape index (κ2) is 18.8. The molecule has 5 rings (SSSR count). The highest BCUT2D eigenvalue weighted by atomic mass is 19.1. The minimum atomic E-state index is -1.33. The van der Waals surface area contributed by atoms with Crippen molar-refractivity contribution in [1.29, 1.82) is 0 Å². The topological polar surface area (TPSA) is 155 Å². The Balaban J connectivity index is 1.41. The van der Waals surface area contributed by atoms with E-state index in [4.69, 9.17) is 4.74 Å². The first-order valence-electron chi connectivity index (χ1n) is 17.3. The molecule has 0 saturated carbocycles. The zero-order valence-corrected chi connectivity index (χ0v) is 28.6. The maximum atomic E-state index is 13.9. The Bertz CT molecular complexity index is 1820. The van der Waals surface area contributed by atoms with Gasteiger partial charge in [0.2, 0.25) is 23.6 Å². The summed E-state index contributed by atoms with van der Waals surface area (Å²) >= 11 is 0. The Labute approximate surface area is 301 Å². The van der Waals surface area contributed by atoms with Gasteiger partial charge in [-0.1, -0.05) is 84.9 Å². The molecule has 0 spiro atoms. The number of para-hydroxylation sites is 1. The molecule has 11 nitrogen and oxygen atoms in total. The second-order valence-electron chi connectivity index (χ2n) is 12.4. The maximum absolute atomic E-state index is 13.9. The molecule has 270 valence electrons. The summed E-state index contributed by atoms with van der Waals surface area (Å²) in [5.41, 5.74) is 2.53. The van der Waals surface area contributed by atoms with E-state index in [1.807, 2.05) is 60.7 Å². The molecule has 52 heavy (non-hydrogen) atoms. The van der Waals surface area contributed by atoms with Crippen molar-refractivity contribution in [2.45, 2.75) is 50.2 Å². The molecule has 0 saturated heterocycles. The van der Waals surface area contributed by atoms with Crippen LogP contribution in [0.15, 0.2) is 109 Å². The summed E-state index contributed by atoms with van der Waals surface area (Å²) in [6.45, 7) is 0.551. The number of carbonyl (C=O) groups excluding carboxylic acids is 5. The fourth-order valence-corrected chi connectivity index (χ4v) is 5.75. The molecule has 5 amide bonds. The van der Waals surface area contributed by atoms with E-state index in [1.54, 1.807) is 36.4 Å². The summed E-state index contributed by atoms with van der Waals surface area (Å²) in [6, 6.07) is 27.3. The number of halogens is 1. The van der Waals surface area contributed by atoms with Crippen LogP contribution in [0, 0.1) is 5.82 Å². The monoisotopic (exact) mass is 707 g/mol. The molecule has 0 fully saturated rings. The lowest BCUT2D eigenvalue weighted by Crippen LogP contribution is -2.56. The summed E-state index contributed by atoms with van der Waals surface area (Å²) in [5.74, 6) is -3.04. The van der Waals surface area contributed by atoms with Gasteiger partial charge in [-0.25, -0.2) is 4.39 Å². The first-order valence-corrected chi connectivity index (χ1v) is 17.3. The minimum absolute atomic E-state index is 0.101. The quantitative estimate of drug-likeness (QED) is 0.190. The average Bonchev–Trinajstić information content (AvgIpc) is 3.15.